The van der Waals surface area contributed by atoms with E-state index in [1.165, 1.54) is 18.4 Å². The van der Waals surface area contributed by atoms with Gasteiger partial charge >= 0.3 is 0 Å². The van der Waals surface area contributed by atoms with Crippen molar-refractivity contribution in [2.45, 2.75) is 31.5 Å². The van der Waals surface area contributed by atoms with Crippen LogP contribution in [0.25, 0.3) is 0 Å². The second-order valence-corrected chi connectivity index (χ2v) is 4.25. The molecule has 0 fully saturated rings. The minimum Gasteiger partial charge on any atom is -0.0845 e. The molecule has 0 bridgehead atoms. The smallest absolute Gasteiger partial charge is 0.0330 e. The number of hydrogen-bond donors (Lipinski definition) is 0. The van der Waals surface area contributed by atoms with Crippen LogP contribution in [0.3, 0.4) is 0 Å². The average molecular weight is 189 g/mol. The Balaban J connectivity index is 2.56. The number of rotatable bonds is 0. The van der Waals surface area contributed by atoms with Crippen molar-refractivity contribution in [2.24, 2.45) is 5.92 Å². The highest BCUT2D eigenvalue weighted by Crippen LogP contribution is 2.27. The number of halogens is 1. The van der Waals surface area contributed by atoms with E-state index in [9.17, 15) is 0 Å². The lowest BCUT2D eigenvalue weighted by molar-refractivity contribution is 0.519. The average Bonchev–Trinajstić information content (AvgIpc) is 1.59. The normalized spacial score (nSPS) is 36.1. The van der Waals surface area contributed by atoms with Crippen LogP contribution in [0.2, 0.25) is 0 Å². The minimum absolute atomic E-state index is 0.640. The van der Waals surface area contributed by atoms with Gasteiger partial charge < -0.3 is 0 Å². The molecular formula is C8H13Br. The standard InChI is InChI=1S/C8H13Br/c1-6-3-7(2)5-8(9)4-6/h4,7-8H,3,5H2,1-2H3/t7-,8?/m0/s1. The predicted molar refractivity (Wildman–Crippen MR) is 44.9 cm³/mol. The van der Waals surface area contributed by atoms with Gasteiger partial charge in [-0.2, -0.15) is 0 Å². The molecule has 0 heterocycles. The third-order valence-corrected chi connectivity index (χ3v) is 2.40. The molecule has 1 unspecified atom stereocenters. The summed E-state index contributed by atoms with van der Waals surface area (Å²) in [7, 11) is 0. The van der Waals surface area contributed by atoms with Crippen LogP contribution in [-0.2, 0) is 0 Å². The van der Waals surface area contributed by atoms with E-state index in [0.717, 1.165) is 5.92 Å². The molecule has 1 heteroatoms. The van der Waals surface area contributed by atoms with E-state index in [1.807, 2.05) is 0 Å². The lowest BCUT2D eigenvalue weighted by Gasteiger charge is -2.20. The minimum atomic E-state index is 0.640. The molecule has 0 aromatic heterocycles. The third-order valence-electron chi connectivity index (χ3n) is 1.76. The Hall–Kier alpha value is 0.220. The zero-order valence-electron chi connectivity index (χ0n) is 6.02. The van der Waals surface area contributed by atoms with Crippen molar-refractivity contribution in [3.63, 3.8) is 0 Å². The van der Waals surface area contributed by atoms with Crippen molar-refractivity contribution in [1.29, 1.82) is 0 Å². The highest BCUT2D eigenvalue weighted by atomic mass is 79.9. The molecule has 0 radical (unpaired) electrons. The maximum absolute atomic E-state index is 3.59. The van der Waals surface area contributed by atoms with Crippen LogP contribution in [-0.4, -0.2) is 4.83 Å². The lowest BCUT2D eigenvalue weighted by atomic mass is 9.91. The number of alkyl halides is 1. The lowest BCUT2D eigenvalue weighted by Crippen LogP contribution is -2.09. The molecule has 0 saturated heterocycles. The van der Waals surface area contributed by atoms with Gasteiger partial charge in [-0.25, -0.2) is 0 Å². The van der Waals surface area contributed by atoms with Crippen molar-refractivity contribution in [2.75, 3.05) is 0 Å². The van der Waals surface area contributed by atoms with Gasteiger partial charge in [0.05, 0.1) is 0 Å². The van der Waals surface area contributed by atoms with Crippen LogP contribution in [0, 0.1) is 5.92 Å². The van der Waals surface area contributed by atoms with Gasteiger partial charge in [0.1, 0.15) is 0 Å². The summed E-state index contributed by atoms with van der Waals surface area (Å²) in [6.07, 6.45) is 4.92. The molecule has 0 amide bonds. The Morgan fingerprint density at radius 3 is 2.78 bits per heavy atom. The molecule has 0 aromatic carbocycles. The van der Waals surface area contributed by atoms with Crippen molar-refractivity contribution in [3.8, 4) is 0 Å². The zero-order chi connectivity index (χ0) is 6.85. The van der Waals surface area contributed by atoms with Gasteiger partial charge in [-0.1, -0.05) is 34.5 Å². The molecule has 0 aliphatic heterocycles. The van der Waals surface area contributed by atoms with E-state index in [4.69, 9.17) is 0 Å². The molecule has 0 saturated carbocycles. The predicted octanol–water partition coefficient (Wildman–Crippen LogP) is 3.13. The maximum Gasteiger partial charge on any atom is 0.0330 e. The fourth-order valence-electron chi connectivity index (χ4n) is 1.46. The van der Waals surface area contributed by atoms with Crippen molar-refractivity contribution < 1.29 is 0 Å². The van der Waals surface area contributed by atoms with Crippen LogP contribution >= 0.6 is 15.9 Å². The highest BCUT2D eigenvalue weighted by molar-refractivity contribution is 9.09. The monoisotopic (exact) mass is 188 g/mol. The van der Waals surface area contributed by atoms with E-state index in [0.29, 0.717) is 4.83 Å². The largest absolute Gasteiger partial charge is 0.0845 e. The first-order valence-electron chi connectivity index (χ1n) is 3.50. The Kier molecular flexibility index (Phi) is 2.34. The van der Waals surface area contributed by atoms with Crippen LogP contribution < -0.4 is 0 Å². The summed E-state index contributed by atoms with van der Waals surface area (Å²) in [5, 5.41) is 0. The summed E-state index contributed by atoms with van der Waals surface area (Å²) in [5.74, 6) is 0.874. The molecular weight excluding hydrogens is 176 g/mol. The summed E-state index contributed by atoms with van der Waals surface area (Å²) in [5.41, 5.74) is 1.54. The number of hydrogen-bond acceptors (Lipinski definition) is 0. The second-order valence-electron chi connectivity index (χ2n) is 3.07. The van der Waals surface area contributed by atoms with Gasteiger partial charge in [-0.3, -0.25) is 0 Å². The number of allylic oxidation sites excluding steroid dienone is 2. The summed E-state index contributed by atoms with van der Waals surface area (Å²) >= 11 is 3.59. The van der Waals surface area contributed by atoms with Crippen molar-refractivity contribution in [1.82, 2.24) is 0 Å². The van der Waals surface area contributed by atoms with Crippen LogP contribution in [0.15, 0.2) is 11.6 Å². The van der Waals surface area contributed by atoms with Crippen LogP contribution in [0.1, 0.15) is 26.7 Å². The van der Waals surface area contributed by atoms with E-state index < -0.39 is 0 Å². The SMILES string of the molecule is CC1=CC(Br)C[C@@H](C)C1. The fourth-order valence-corrected chi connectivity index (χ4v) is 2.55. The summed E-state index contributed by atoms with van der Waals surface area (Å²) in [4.78, 5) is 0.640. The summed E-state index contributed by atoms with van der Waals surface area (Å²) < 4.78 is 0. The van der Waals surface area contributed by atoms with Gasteiger partial charge in [0, 0.05) is 4.83 Å². The first-order chi connectivity index (χ1) is 4.18. The molecule has 1 aliphatic carbocycles. The van der Waals surface area contributed by atoms with Crippen LogP contribution in [0.4, 0.5) is 0 Å². The molecule has 1 rings (SSSR count). The quantitative estimate of drug-likeness (QED) is 0.405. The van der Waals surface area contributed by atoms with Gasteiger partial charge in [0.2, 0.25) is 0 Å². The molecule has 0 nitrogen and oxygen atoms in total. The summed E-state index contributed by atoms with van der Waals surface area (Å²) in [6, 6.07) is 0. The molecule has 0 spiro atoms. The van der Waals surface area contributed by atoms with Gasteiger partial charge in [0.25, 0.3) is 0 Å². The fraction of sp³-hybridized carbons (Fsp3) is 0.750. The first kappa shape index (κ1) is 7.33. The molecule has 0 N–H and O–H groups in total. The molecule has 0 aromatic rings. The summed E-state index contributed by atoms with van der Waals surface area (Å²) in [6.45, 7) is 4.52. The Labute approximate surface area is 65.5 Å². The Morgan fingerprint density at radius 1 is 1.67 bits per heavy atom. The van der Waals surface area contributed by atoms with Gasteiger partial charge in [0.15, 0.2) is 0 Å². The van der Waals surface area contributed by atoms with E-state index >= 15 is 0 Å². The van der Waals surface area contributed by atoms with E-state index in [1.54, 1.807) is 0 Å². The van der Waals surface area contributed by atoms with Crippen LogP contribution in [0.5, 0.6) is 0 Å². The first-order valence-corrected chi connectivity index (χ1v) is 4.41. The molecule has 2 atom stereocenters. The Bertz CT molecular complexity index is 127. The highest BCUT2D eigenvalue weighted by Gasteiger charge is 2.13. The maximum atomic E-state index is 3.59. The van der Waals surface area contributed by atoms with E-state index in [2.05, 4.69) is 35.9 Å². The molecule has 1 aliphatic rings. The van der Waals surface area contributed by atoms with Gasteiger partial charge in [-0.05, 0) is 25.7 Å². The second kappa shape index (κ2) is 2.87. The molecule has 52 valence electrons. The molecule has 9 heavy (non-hydrogen) atoms. The van der Waals surface area contributed by atoms with Gasteiger partial charge in [-0.15, -0.1) is 0 Å². The zero-order valence-corrected chi connectivity index (χ0v) is 7.61. The van der Waals surface area contributed by atoms with Crippen molar-refractivity contribution in [3.05, 3.63) is 11.6 Å². The Morgan fingerprint density at radius 2 is 2.33 bits per heavy atom. The topological polar surface area (TPSA) is 0 Å². The van der Waals surface area contributed by atoms with Crippen molar-refractivity contribution >= 4 is 15.9 Å². The van der Waals surface area contributed by atoms with E-state index in [-0.39, 0.29) is 0 Å². The third kappa shape index (κ3) is 2.13.